The molecule has 0 aliphatic heterocycles. The number of allylic oxidation sites excluding steroid dienone is 2. The molecule has 1 aromatic carbocycles. The van der Waals surface area contributed by atoms with E-state index in [-0.39, 0.29) is 11.4 Å². The Bertz CT molecular complexity index is 1220. The third-order valence-corrected chi connectivity index (χ3v) is 14.4. The summed E-state index contributed by atoms with van der Waals surface area (Å²) in [4.78, 5) is 12.6. The average Bonchev–Trinajstić information content (AvgIpc) is 3.33. The van der Waals surface area contributed by atoms with Gasteiger partial charge in [-0.1, -0.05) is 59.2 Å². The molecule has 5 aliphatic rings. The molecule has 2 N–H and O–H groups in total. The molecular weight excluding hydrogens is 502 g/mol. The number of ether oxygens (including phenoxy) is 1. The summed E-state index contributed by atoms with van der Waals surface area (Å²) in [6, 6.07) is 8.23. The van der Waals surface area contributed by atoms with Crippen molar-refractivity contribution in [2.45, 2.75) is 125 Å². The van der Waals surface area contributed by atoms with E-state index in [1.54, 1.807) is 0 Å². The van der Waals surface area contributed by atoms with Gasteiger partial charge in [0.25, 0.3) is 0 Å². The smallest absolute Gasteiger partial charge is 0.338 e. The van der Waals surface area contributed by atoms with Crippen LogP contribution in [0.5, 0.6) is 0 Å². The minimum atomic E-state index is -0.484. The SMILES string of the molecule is CC(C)(C)OC(=O)c1ccc(C2=CCC3(C)C(CCC4(C)C3CCC3C5CCCC5(CN)CCC34C)C2(C)C)cc1. The molecule has 3 heteroatoms. The first-order chi connectivity index (χ1) is 19.1. The van der Waals surface area contributed by atoms with E-state index in [1.807, 2.05) is 32.9 Å². The minimum absolute atomic E-state index is 0.0895. The molecule has 0 bridgehead atoms. The van der Waals surface area contributed by atoms with Crippen LogP contribution < -0.4 is 5.73 Å². The number of fused-ring (bicyclic) bond motifs is 7. The van der Waals surface area contributed by atoms with E-state index < -0.39 is 5.60 Å². The highest BCUT2D eigenvalue weighted by Gasteiger charge is 2.69. The third-order valence-electron chi connectivity index (χ3n) is 14.4. The standard InChI is InChI=1S/C38H57NO2/c1-33(2,3)41-32(40)26-13-11-25(12-14-26)27-17-20-35(6)30(34(27,4)5)18-21-37(8)31(35)16-15-28-29-10-9-19-38(29,24-39)23-22-36(28,37)7/h11-14,17,28-31H,9-10,15-16,18-24,39H2,1-8H3. The lowest BCUT2D eigenvalue weighted by Gasteiger charge is -2.72. The van der Waals surface area contributed by atoms with Crippen molar-refractivity contribution >= 4 is 11.5 Å². The number of hydrogen-bond donors (Lipinski definition) is 1. The Kier molecular flexibility index (Phi) is 6.79. The van der Waals surface area contributed by atoms with E-state index in [4.69, 9.17) is 10.5 Å². The maximum absolute atomic E-state index is 12.6. The number of nitrogens with two attached hydrogens (primary N) is 1. The van der Waals surface area contributed by atoms with Crippen molar-refractivity contribution in [2.75, 3.05) is 6.54 Å². The molecule has 8 atom stereocenters. The summed E-state index contributed by atoms with van der Waals surface area (Å²) in [6.45, 7) is 19.8. The zero-order valence-electron chi connectivity index (χ0n) is 27.4. The average molecular weight is 560 g/mol. The summed E-state index contributed by atoms with van der Waals surface area (Å²) in [7, 11) is 0. The van der Waals surface area contributed by atoms with Gasteiger partial charge in [-0.15, -0.1) is 0 Å². The summed E-state index contributed by atoms with van der Waals surface area (Å²) in [6.07, 6.45) is 16.2. The molecule has 3 nitrogen and oxygen atoms in total. The lowest BCUT2D eigenvalue weighted by Crippen LogP contribution is -2.65. The van der Waals surface area contributed by atoms with E-state index in [0.29, 0.717) is 33.1 Å². The highest BCUT2D eigenvalue weighted by molar-refractivity contribution is 5.90. The van der Waals surface area contributed by atoms with E-state index in [2.05, 4.69) is 52.8 Å². The van der Waals surface area contributed by atoms with Crippen molar-refractivity contribution in [1.82, 2.24) is 0 Å². The highest BCUT2D eigenvalue weighted by Crippen LogP contribution is 2.76. The van der Waals surface area contributed by atoms with Gasteiger partial charge in [0.1, 0.15) is 5.60 Å². The zero-order valence-corrected chi connectivity index (χ0v) is 27.4. The Morgan fingerprint density at radius 1 is 0.854 bits per heavy atom. The fourth-order valence-corrected chi connectivity index (χ4v) is 12.3. The van der Waals surface area contributed by atoms with Crippen LogP contribution in [0.2, 0.25) is 0 Å². The van der Waals surface area contributed by atoms with Gasteiger partial charge in [-0.25, -0.2) is 4.79 Å². The summed E-state index contributed by atoms with van der Waals surface area (Å²) in [5.74, 6) is 2.90. The molecule has 1 aromatic rings. The van der Waals surface area contributed by atoms with Crippen molar-refractivity contribution in [1.29, 1.82) is 0 Å². The van der Waals surface area contributed by atoms with Crippen molar-refractivity contribution in [3.8, 4) is 0 Å². The summed E-state index contributed by atoms with van der Waals surface area (Å²) in [5.41, 5.74) is 11.1. The molecular formula is C38H57NO2. The number of esters is 1. The molecule has 0 saturated heterocycles. The predicted molar refractivity (Wildman–Crippen MR) is 169 cm³/mol. The quantitative estimate of drug-likeness (QED) is 0.375. The number of carbonyl (C=O) groups excluding carboxylic acids is 1. The molecule has 4 fully saturated rings. The molecule has 0 amide bonds. The van der Waals surface area contributed by atoms with Crippen LogP contribution >= 0.6 is 0 Å². The number of benzene rings is 1. The predicted octanol–water partition coefficient (Wildman–Crippen LogP) is 9.45. The van der Waals surface area contributed by atoms with Gasteiger partial charge in [-0.2, -0.15) is 0 Å². The second-order valence-electron chi connectivity index (χ2n) is 17.4. The fourth-order valence-electron chi connectivity index (χ4n) is 12.3. The first kappa shape index (κ1) is 29.5. The van der Waals surface area contributed by atoms with Crippen LogP contribution in [0.15, 0.2) is 30.3 Å². The minimum Gasteiger partial charge on any atom is -0.456 e. The molecule has 0 radical (unpaired) electrons. The maximum Gasteiger partial charge on any atom is 0.338 e. The van der Waals surface area contributed by atoms with Crippen LogP contribution in [0.4, 0.5) is 0 Å². The Balaban J connectivity index is 1.29. The number of rotatable bonds is 3. The van der Waals surface area contributed by atoms with Crippen LogP contribution in [0.1, 0.15) is 136 Å². The van der Waals surface area contributed by atoms with Crippen molar-refractivity contribution < 1.29 is 9.53 Å². The van der Waals surface area contributed by atoms with Gasteiger partial charge in [-0.05, 0) is 159 Å². The third kappa shape index (κ3) is 4.17. The lowest BCUT2D eigenvalue weighted by molar-refractivity contribution is -0.221. The normalized spacial score (nSPS) is 43.2. The van der Waals surface area contributed by atoms with Crippen LogP contribution in [0.25, 0.3) is 5.57 Å². The number of hydrogen-bond acceptors (Lipinski definition) is 3. The summed E-state index contributed by atoms with van der Waals surface area (Å²) >= 11 is 0. The molecule has 0 heterocycles. The Labute approximate surface area is 250 Å². The monoisotopic (exact) mass is 559 g/mol. The van der Waals surface area contributed by atoms with E-state index in [9.17, 15) is 4.79 Å². The van der Waals surface area contributed by atoms with Gasteiger partial charge >= 0.3 is 5.97 Å². The van der Waals surface area contributed by atoms with Gasteiger partial charge in [0.15, 0.2) is 0 Å². The van der Waals surface area contributed by atoms with Gasteiger partial charge in [-0.3, -0.25) is 0 Å². The first-order valence-electron chi connectivity index (χ1n) is 16.9. The van der Waals surface area contributed by atoms with Gasteiger partial charge in [0.2, 0.25) is 0 Å². The summed E-state index contributed by atoms with van der Waals surface area (Å²) < 4.78 is 5.61. The second kappa shape index (κ2) is 9.44. The lowest BCUT2D eigenvalue weighted by atomic mass is 9.32. The topological polar surface area (TPSA) is 52.3 Å². The van der Waals surface area contributed by atoms with Crippen LogP contribution in [-0.2, 0) is 4.74 Å². The summed E-state index contributed by atoms with van der Waals surface area (Å²) in [5, 5.41) is 0. The van der Waals surface area contributed by atoms with E-state index in [1.165, 1.54) is 75.3 Å². The molecule has 8 unspecified atom stereocenters. The van der Waals surface area contributed by atoms with Crippen LogP contribution in [0, 0.1) is 50.7 Å². The van der Waals surface area contributed by atoms with E-state index in [0.717, 1.165) is 24.3 Å². The Hall–Kier alpha value is -1.61. The zero-order chi connectivity index (χ0) is 29.6. The molecule has 226 valence electrons. The molecule has 41 heavy (non-hydrogen) atoms. The number of carbonyl (C=O) groups is 1. The Morgan fingerprint density at radius 2 is 1.56 bits per heavy atom. The second-order valence-corrected chi connectivity index (χ2v) is 17.4. The van der Waals surface area contributed by atoms with Gasteiger partial charge < -0.3 is 10.5 Å². The molecule has 5 aliphatic carbocycles. The maximum atomic E-state index is 12.6. The molecule has 6 rings (SSSR count). The molecule has 4 saturated carbocycles. The fraction of sp³-hybridized carbons (Fsp3) is 0.763. The van der Waals surface area contributed by atoms with E-state index >= 15 is 0 Å². The van der Waals surface area contributed by atoms with Crippen molar-refractivity contribution in [3.05, 3.63) is 41.5 Å². The van der Waals surface area contributed by atoms with Gasteiger partial charge in [0.05, 0.1) is 5.56 Å². The Morgan fingerprint density at radius 3 is 2.22 bits per heavy atom. The van der Waals surface area contributed by atoms with Gasteiger partial charge in [0, 0.05) is 0 Å². The van der Waals surface area contributed by atoms with Crippen molar-refractivity contribution in [3.63, 3.8) is 0 Å². The first-order valence-corrected chi connectivity index (χ1v) is 16.9. The largest absolute Gasteiger partial charge is 0.456 e. The molecule has 0 spiro atoms. The molecule has 0 aromatic heterocycles. The highest BCUT2D eigenvalue weighted by atomic mass is 16.6. The van der Waals surface area contributed by atoms with Crippen LogP contribution in [-0.4, -0.2) is 18.1 Å². The van der Waals surface area contributed by atoms with Crippen molar-refractivity contribution in [2.24, 2.45) is 56.5 Å². The van der Waals surface area contributed by atoms with Crippen LogP contribution in [0.3, 0.4) is 0 Å².